The first-order valence-corrected chi connectivity index (χ1v) is 7.33. The zero-order chi connectivity index (χ0) is 15.9. The smallest absolute Gasteiger partial charge is 0.356 e. The van der Waals surface area contributed by atoms with Crippen molar-refractivity contribution in [3.8, 4) is 0 Å². The number of hydrogen-bond acceptors (Lipinski definition) is 5. The Morgan fingerprint density at radius 1 is 1.36 bits per heavy atom. The van der Waals surface area contributed by atoms with Crippen LogP contribution in [-0.4, -0.2) is 33.1 Å². The third kappa shape index (κ3) is 2.62. The van der Waals surface area contributed by atoms with Crippen LogP contribution in [-0.2, 0) is 0 Å². The van der Waals surface area contributed by atoms with Crippen molar-refractivity contribution in [2.24, 2.45) is 0 Å². The molecule has 1 N–H and O–H groups in total. The summed E-state index contributed by atoms with van der Waals surface area (Å²) in [5.74, 6) is 0.672. The molecule has 0 aromatic carbocycles. The standard InChI is InChI=1S/C15H15ClN4O2/c1-8-4-3-7-17-13(8)20(2)14-10(16)11(15(21)22)18-12(19-14)9-5-6-9/h3-4,7,9H,5-6H2,1-2H3,(H,21,22). The van der Waals surface area contributed by atoms with Gasteiger partial charge in [-0.3, -0.25) is 0 Å². The second-order valence-electron chi connectivity index (χ2n) is 5.35. The van der Waals surface area contributed by atoms with E-state index in [1.807, 2.05) is 19.1 Å². The molecule has 2 aromatic heterocycles. The first kappa shape index (κ1) is 14.7. The van der Waals surface area contributed by atoms with Gasteiger partial charge in [-0.2, -0.15) is 0 Å². The van der Waals surface area contributed by atoms with Crippen molar-refractivity contribution in [1.82, 2.24) is 15.0 Å². The molecule has 1 fully saturated rings. The van der Waals surface area contributed by atoms with Crippen LogP contribution in [0, 0.1) is 6.92 Å². The highest BCUT2D eigenvalue weighted by Gasteiger charge is 2.31. The van der Waals surface area contributed by atoms with Gasteiger partial charge in [-0.1, -0.05) is 17.7 Å². The van der Waals surface area contributed by atoms with Crippen molar-refractivity contribution >= 4 is 29.2 Å². The molecule has 0 spiro atoms. The molecule has 1 aliphatic carbocycles. The van der Waals surface area contributed by atoms with Crippen molar-refractivity contribution in [3.05, 3.63) is 40.4 Å². The number of aromatic carboxylic acids is 1. The molecule has 0 radical (unpaired) electrons. The molecule has 0 aliphatic heterocycles. The van der Waals surface area contributed by atoms with Crippen LogP contribution in [0.5, 0.6) is 0 Å². The van der Waals surface area contributed by atoms with E-state index < -0.39 is 5.97 Å². The van der Waals surface area contributed by atoms with E-state index in [-0.39, 0.29) is 16.6 Å². The van der Waals surface area contributed by atoms with Crippen LogP contribution in [0.15, 0.2) is 18.3 Å². The molecular formula is C15H15ClN4O2. The number of carboxylic acids is 1. The lowest BCUT2D eigenvalue weighted by Gasteiger charge is -2.21. The topological polar surface area (TPSA) is 79.2 Å². The lowest BCUT2D eigenvalue weighted by Crippen LogP contribution is -2.18. The molecule has 0 bridgehead atoms. The predicted molar refractivity (Wildman–Crippen MR) is 83.0 cm³/mol. The average Bonchev–Trinajstić information content (AvgIpc) is 3.31. The van der Waals surface area contributed by atoms with Gasteiger partial charge in [0.25, 0.3) is 0 Å². The number of pyridine rings is 1. The maximum atomic E-state index is 11.4. The summed E-state index contributed by atoms with van der Waals surface area (Å²) < 4.78 is 0. The summed E-state index contributed by atoms with van der Waals surface area (Å²) in [6, 6.07) is 3.76. The summed E-state index contributed by atoms with van der Waals surface area (Å²) >= 11 is 6.22. The minimum atomic E-state index is -1.15. The second-order valence-corrected chi connectivity index (χ2v) is 5.73. The van der Waals surface area contributed by atoms with Crippen molar-refractivity contribution in [2.75, 3.05) is 11.9 Å². The van der Waals surface area contributed by atoms with Crippen LogP contribution in [0.4, 0.5) is 11.6 Å². The zero-order valence-electron chi connectivity index (χ0n) is 12.2. The molecule has 2 aromatic rings. The molecular weight excluding hydrogens is 304 g/mol. The highest BCUT2D eigenvalue weighted by molar-refractivity contribution is 6.35. The molecule has 3 rings (SSSR count). The Morgan fingerprint density at radius 3 is 2.68 bits per heavy atom. The largest absolute Gasteiger partial charge is 0.476 e. The number of halogens is 1. The van der Waals surface area contributed by atoms with E-state index in [1.165, 1.54) is 0 Å². The van der Waals surface area contributed by atoms with E-state index in [1.54, 1.807) is 18.1 Å². The maximum Gasteiger partial charge on any atom is 0.356 e. The van der Waals surface area contributed by atoms with Gasteiger partial charge >= 0.3 is 5.97 Å². The highest BCUT2D eigenvalue weighted by Crippen LogP contribution is 2.41. The maximum absolute atomic E-state index is 11.4. The Hall–Kier alpha value is -2.21. The Kier molecular flexibility index (Phi) is 3.70. The van der Waals surface area contributed by atoms with Gasteiger partial charge in [0.05, 0.1) is 0 Å². The number of anilines is 2. The van der Waals surface area contributed by atoms with E-state index >= 15 is 0 Å². The Morgan fingerprint density at radius 2 is 2.09 bits per heavy atom. The molecule has 0 saturated heterocycles. The summed E-state index contributed by atoms with van der Waals surface area (Å²) in [5, 5.41) is 9.35. The molecule has 1 aliphatic rings. The van der Waals surface area contributed by atoms with E-state index in [0.717, 1.165) is 18.4 Å². The Balaban J connectivity index is 2.13. The lowest BCUT2D eigenvalue weighted by molar-refractivity contribution is 0.0690. The molecule has 22 heavy (non-hydrogen) atoms. The monoisotopic (exact) mass is 318 g/mol. The van der Waals surface area contributed by atoms with E-state index in [2.05, 4.69) is 15.0 Å². The zero-order valence-corrected chi connectivity index (χ0v) is 13.0. The number of rotatable bonds is 4. The van der Waals surface area contributed by atoms with Gasteiger partial charge in [-0.25, -0.2) is 19.7 Å². The van der Waals surface area contributed by atoms with Gasteiger partial charge in [0.1, 0.15) is 16.7 Å². The third-order valence-electron chi connectivity index (χ3n) is 3.61. The first-order chi connectivity index (χ1) is 10.5. The van der Waals surface area contributed by atoms with Gasteiger partial charge in [0.15, 0.2) is 11.5 Å². The average molecular weight is 319 g/mol. The summed E-state index contributed by atoms with van der Waals surface area (Å²) in [6.45, 7) is 1.92. The van der Waals surface area contributed by atoms with E-state index in [9.17, 15) is 9.90 Å². The molecule has 114 valence electrons. The fraction of sp³-hybridized carbons (Fsp3) is 0.333. The predicted octanol–water partition coefficient (Wildman–Crippen LogP) is 3.18. The lowest BCUT2D eigenvalue weighted by atomic mass is 10.2. The van der Waals surface area contributed by atoms with Crippen molar-refractivity contribution < 1.29 is 9.90 Å². The number of nitrogens with zero attached hydrogens (tertiary/aromatic N) is 4. The molecule has 0 atom stereocenters. The number of carboxylic acid groups (broad SMARTS) is 1. The fourth-order valence-corrected chi connectivity index (χ4v) is 2.56. The fourth-order valence-electron chi connectivity index (χ4n) is 2.27. The van der Waals surface area contributed by atoms with Crippen LogP contribution in [0.25, 0.3) is 0 Å². The minimum Gasteiger partial charge on any atom is -0.476 e. The van der Waals surface area contributed by atoms with Crippen molar-refractivity contribution in [2.45, 2.75) is 25.7 Å². The molecule has 0 amide bonds. The van der Waals surface area contributed by atoms with Crippen molar-refractivity contribution in [1.29, 1.82) is 0 Å². The van der Waals surface area contributed by atoms with Gasteiger partial charge in [0.2, 0.25) is 0 Å². The normalized spacial score (nSPS) is 14.0. The molecule has 1 saturated carbocycles. The number of carbonyl (C=O) groups is 1. The summed E-state index contributed by atoms with van der Waals surface area (Å²) in [7, 11) is 1.77. The van der Waals surface area contributed by atoms with Crippen LogP contribution in [0.3, 0.4) is 0 Å². The van der Waals surface area contributed by atoms with E-state index in [4.69, 9.17) is 11.6 Å². The van der Waals surface area contributed by atoms with Gasteiger partial charge in [-0.05, 0) is 31.4 Å². The van der Waals surface area contributed by atoms with Crippen LogP contribution < -0.4 is 4.90 Å². The molecule has 6 nitrogen and oxygen atoms in total. The molecule has 2 heterocycles. The third-order valence-corrected chi connectivity index (χ3v) is 3.96. The minimum absolute atomic E-state index is 0.0319. The van der Waals surface area contributed by atoms with Crippen LogP contribution >= 0.6 is 11.6 Å². The Labute approximate surface area is 132 Å². The van der Waals surface area contributed by atoms with Gasteiger partial charge < -0.3 is 10.0 Å². The quantitative estimate of drug-likeness (QED) is 0.932. The van der Waals surface area contributed by atoms with Crippen LogP contribution in [0.2, 0.25) is 5.02 Å². The second kappa shape index (κ2) is 5.53. The van der Waals surface area contributed by atoms with Gasteiger partial charge in [0, 0.05) is 19.2 Å². The Bertz CT molecular complexity index is 746. The van der Waals surface area contributed by atoms with E-state index in [0.29, 0.717) is 17.5 Å². The molecule has 7 heteroatoms. The SMILES string of the molecule is Cc1cccnc1N(C)c1nc(C2CC2)nc(C(=O)O)c1Cl. The molecule has 0 unspecified atom stereocenters. The van der Waals surface area contributed by atoms with Gasteiger partial charge in [-0.15, -0.1) is 0 Å². The summed E-state index contributed by atoms with van der Waals surface area (Å²) in [6.07, 6.45) is 3.63. The highest BCUT2D eigenvalue weighted by atomic mass is 35.5. The number of aryl methyl sites for hydroxylation is 1. The number of aromatic nitrogens is 3. The van der Waals surface area contributed by atoms with Crippen molar-refractivity contribution in [3.63, 3.8) is 0 Å². The summed E-state index contributed by atoms with van der Waals surface area (Å²) in [5.41, 5.74) is 0.790. The first-order valence-electron chi connectivity index (χ1n) is 6.95. The number of hydrogen-bond donors (Lipinski definition) is 1. The van der Waals surface area contributed by atoms with Crippen LogP contribution in [0.1, 0.15) is 40.6 Å². The summed E-state index contributed by atoms with van der Waals surface area (Å²) in [4.78, 5) is 26.0.